The number of nitrogens with zero attached hydrogens (tertiary/aromatic N) is 3. The Morgan fingerprint density at radius 2 is 1.88 bits per heavy atom. The lowest BCUT2D eigenvalue weighted by Gasteiger charge is -2.13. The van der Waals surface area contributed by atoms with Gasteiger partial charge in [-0.05, 0) is 54.7 Å². The van der Waals surface area contributed by atoms with Gasteiger partial charge in [-0.1, -0.05) is 87.9 Å². The van der Waals surface area contributed by atoms with Gasteiger partial charge in [0.05, 0.1) is 10.6 Å². The van der Waals surface area contributed by atoms with E-state index in [1.54, 1.807) is 4.90 Å². The van der Waals surface area contributed by atoms with Crippen LogP contribution in [0, 0.1) is 6.92 Å². The molecule has 1 amide bonds. The van der Waals surface area contributed by atoms with Crippen LogP contribution in [-0.4, -0.2) is 31.5 Å². The van der Waals surface area contributed by atoms with E-state index in [0.717, 1.165) is 47.3 Å². The van der Waals surface area contributed by atoms with Crippen LogP contribution >= 0.6 is 24.0 Å². The molecule has 34 heavy (non-hydrogen) atoms. The zero-order valence-corrected chi connectivity index (χ0v) is 21.9. The van der Waals surface area contributed by atoms with Crippen LogP contribution in [0.1, 0.15) is 62.6 Å². The number of hydrogen-bond acceptors (Lipinski definition) is 4. The van der Waals surface area contributed by atoms with Gasteiger partial charge < -0.3 is 0 Å². The molecule has 0 aliphatic carbocycles. The maximum Gasteiger partial charge on any atom is 0.266 e. The number of para-hydroxylation sites is 1. The van der Waals surface area contributed by atoms with Gasteiger partial charge in [0.2, 0.25) is 0 Å². The maximum atomic E-state index is 13.2. The summed E-state index contributed by atoms with van der Waals surface area (Å²) in [7, 11) is 0. The smallest absolute Gasteiger partial charge is 0.266 e. The van der Waals surface area contributed by atoms with Gasteiger partial charge in [0.15, 0.2) is 0 Å². The van der Waals surface area contributed by atoms with Crippen molar-refractivity contribution in [2.24, 2.45) is 0 Å². The van der Waals surface area contributed by atoms with Crippen LogP contribution in [0.25, 0.3) is 23.0 Å². The molecular formula is C28H31N3OS2. The molecule has 4 rings (SSSR count). The second-order valence-electron chi connectivity index (χ2n) is 8.98. The van der Waals surface area contributed by atoms with Crippen molar-refractivity contribution in [3.8, 4) is 16.9 Å². The predicted octanol–water partition coefficient (Wildman–Crippen LogP) is 7.36. The van der Waals surface area contributed by atoms with Crippen molar-refractivity contribution in [3.05, 3.63) is 76.3 Å². The van der Waals surface area contributed by atoms with Crippen LogP contribution in [0.3, 0.4) is 0 Å². The molecule has 2 heterocycles. The minimum absolute atomic E-state index is 0.00262. The Balaban J connectivity index is 1.78. The Morgan fingerprint density at radius 3 is 2.59 bits per heavy atom. The van der Waals surface area contributed by atoms with Crippen molar-refractivity contribution in [1.29, 1.82) is 0 Å². The van der Waals surface area contributed by atoms with Gasteiger partial charge in [0.25, 0.3) is 5.91 Å². The Kier molecular flexibility index (Phi) is 7.69. The Hall–Kier alpha value is -2.70. The predicted molar refractivity (Wildman–Crippen MR) is 147 cm³/mol. The molecule has 6 heteroatoms. The largest absolute Gasteiger partial charge is 0.293 e. The first-order valence-corrected chi connectivity index (χ1v) is 13.1. The third-order valence-corrected chi connectivity index (χ3v) is 7.47. The average molecular weight is 490 g/mol. The summed E-state index contributed by atoms with van der Waals surface area (Å²) in [6.07, 6.45) is 7.14. The minimum Gasteiger partial charge on any atom is -0.293 e. The van der Waals surface area contributed by atoms with Gasteiger partial charge in [-0.25, -0.2) is 4.68 Å². The van der Waals surface area contributed by atoms with E-state index in [1.807, 2.05) is 47.3 Å². The van der Waals surface area contributed by atoms with E-state index in [1.165, 1.54) is 17.3 Å². The number of carbonyl (C=O) groups is 1. The normalized spacial score (nSPS) is 15.2. The van der Waals surface area contributed by atoms with E-state index in [-0.39, 0.29) is 5.91 Å². The molecule has 0 radical (unpaired) electrons. The lowest BCUT2D eigenvalue weighted by Crippen LogP contribution is -2.28. The number of carbonyl (C=O) groups excluding carboxylic acids is 1. The highest BCUT2D eigenvalue weighted by atomic mass is 32.2. The fraction of sp³-hybridized carbons (Fsp3) is 0.321. The summed E-state index contributed by atoms with van der Waals surface area (Å²) in [5, 5.41) is 4.98. The van der Waals surface area contributed by atoms with Crippen molar-refractivity contribution in [3.63, 3.8) is 0 Å². The monoisotopic (exact) mass is 489 g/mol. The van der Waals surface area contributed by atoms with Crippen LogP contribution in [0.4, 0.5) is 0 Å². The van der Waals surface area contributed by atoms with Crippen molar-refractivity contribution >= 4 is 40.3 Å². The third kappa shape index (κ3) is 5.18. The molecule has 1 aromatic heterocycles. The molecule has 1 saturated heterocycles. The molecule has 2 aromatic carbocycles. The second-order valence-corrected chi connectivity index (χ2v) is 10.7. The van der Waals surface area contributed by atoms with Crippen molar-refractivity contribution in [2.45, 2.75) is 52.9 Å². The molecule has 3 aromatic rings. The van der Waals surface area contributed by atoms with Crippen LogP contribution < -0.4 is 0 Å². The summed E-state index contributed by atoms with van der Waals surface area (Å²) >= 11 is 6.93. The summed E-state index contributed by atoms with van der Waals surface area (Å²) in [6, 6.07) is 16.6. The molecule has 0 spiro atoms. The second kappa shape index (κ2) is 10.7. The lowest BCUT2D eigenvalue weighted by molar-refractivity contribution is -0.122. The van der Waals surface area contributed by atoms with Crippen LogP contribution in [-0.2, 0) is 4.79 Å². The zero-order valence-electron chi connectivity index (χ0n) is 20.2. The molecule has 0 unspecified atom stereocenters. The van der Waals surface area contributed by atoms with E-state index >= 15 is 0 Å². The van der Waals surface area contributed by atoms with Gasteiger partial charge in [0.1, 0.15) is 10.0 Å². The Bertz CT molecular complexity index is 1230. The standard InChI is InChI=1S/C28H31N3OS2/c1-5-6-10-15-30-27(32)25(34-28(30)33)17-22-18-31(23-11-8-7-9-12-23)29-26(22)24-16-21(19(2)3)14-13-20(24)4/h7-9,11-14,16-19H,5-6,10,15H2,1-4H3/b25-17-. The number of amides is 1. The van der Waals surface area contributed by atoms with Crippen molar-refractivity contribution in [2.75, 3.05) is 6.54 Å². The molecule has 176 valence electrons. The highest BCUT2D eigenvalue weighted by Crippen LogP contribution is 2.36. The van der Waals surface area contributed by atoms with Crippen molar-refractivity contribution in [1.82, 2.24) is 14.7 Å². The zero-order chi connectivity index (χ0) is 24.2. The molecular weight excluding hydrogens is 458 g/mol. The SMILES string of the molecule is CCCCCN1C(=O)/C(=C/c2cn(-c3ccccc3)nc2-c2cc(C(C)C)ccc2C)SC1=S. The van der Waals surface area contributed by atoms with Gasteiger partial charge in [0, 0.05) is 23.9 Å². The van der Waals surface area contributed by atoms with Crippen LogP contribution in [0.15, 0.2) is 59.6 Å². The number of hydrogen-bond donors (Lipinski definition) is 0. The summed E-state index contributed by atoms with van der Waals surface area (Å²) < 4.78 is 2.53. The van der Waals surface area contributed by atoms with E-state index in [0.29, 0.717) is 21.7 Å². The number of aryl methyl sites for hydroxylation is 1. The van der Waals surface area contributed by atoms with E-state index in [2.05, 4.69) is 45.9 Å². The molecule has 1 fully saturated rings. The summed E-state index contributed by atoms with van der Waals surface area (Å²) in [4.78, 5) is 15.6. The average Bonchev–Trinajstić information content (AvgIpc) is 3.36. The quantitative estimate of drug-likeness (QED) is 0.188. The number of rotatable bonds is 8. The summed E-state index contributed by atoms with van der Waals surface area (Å²) in [5.74, 6) is 0.413. The highest BCUT2D eigenvalue weighted by Gasteiger charge is 2.32. The minimum atomic E-state index is -0.00262. The number of unbranched alkanes of at least 4 members (excludes halogenated alkanes) is 2. The fourth-order valence-corrected chi connectivity index (χ4v) is 5.32. The van der Waals surface area contributed by atoms with Gasteiger partial charge in [-0.2, -0.15) is 5.10 Å². The lowest BCUT2D eigenvalue weighted by atomic mass is 9.95. The first kappa shape index (κ1) is 24.4. The molecule has 4 nitrogen and oxygen atoms in total. The molecule has 0 bridgehead atoms. The fourth-order valence-electron chi connectivity index (χ4n) is 4.02. The molecule has 0 N–H and O–H groups in total. The Morgan fingerprint density at radius 1 is 1.12 bits per heavy atom. The first-order valence-electron chi connectivity index (χ1n) is 11.9. The van der Waals surface area contributed by atoms with Crippen molar-refractivity contribution < 1.29 is 4.79 Å². The molecule has 1 aliphatic rings. The summed E-state index contributed by atoms with van der Waals surface area (Å²) in [6.45, 7) is 9.34. The van der Waals surface area contributed by atoms with Gasteiger partial charge in [-0.3, -0.25) is 9.69 Å². The number of thiocarbonyl (C=S) groups is 1. The van der Waals surface area contributed by atoms with Crippen LogP contribution in [0.5, 0.6) is 0 Å². The molecule has 0 atom stereocenters. The van der Waals surface area contributed by atoms with Crippen LogP contribution in [0.2, 0.25) is 0 Å². The maximum absolute atomic E-state index is 13.2. The van der Waals surface area contributed by atoms with Gasteiger partial charge in [-0.15, -0.1) is 0 Å². The van der Waals surface area contributed by atoms with E-state index in [9.17, 15) is 4.79 Å². The first-order chi connectivity index (χ1) is 16.4. The summed E-state index contributed by atoms with van der Waals surface area (Å²) in [5.41, 5.74) is 6.29. The number of thioether (sulfide) groups is 1. The number of benzene rings is 2. The van der Waals surface area contributed by atoms with E-state index < -0.39 is 0 Å². The molecule has 0 saturated carbocycles. The van der Waals surface area contributed by atoms with E-state index in [4.69, 9.17) is 17.3 Å². The Labute approximate surface area is 212 Å². The third-order valence-electron chi connectivity index (χ3n) is 6.09. The highest BCUT2D eigenvalue weighted by molar-refractivity contribution is 8.26. The number of aromatic nitrogens is 2. The van der Waals surface area contributed by atoms with Gasteiger partial charge >= 0.3 is 0 Å². The molecule has 1 aliphatic heterocycles. The topological polar surface area (TPSA) is 38.1 Å².